The van der Waals surface area contributed by atoms with E-state index in [0.717, 1.165) is 24.5 Å². The number of nitrogens with one attached hydrogen (secondary N) is 1. The van der Waals surface area contributed by atoms with Gasteiger partial charge in [-0.1, -0.05) is 13.8 Å². The molecule has 2 aromatic rings. The Bertz CT molecular complexity index is 581. The van der Waals surface area contributed by atoms with E-state index in [1.165, 1.54) is 0 Å². The number of anilines is 1. The Morgan fingerprint density at radius 2 is 2.00 bits per heavy atom. The summed E-state index contributed by atoms with van der Waals surface area (Å²) in [4.78, 5) is 13.1. The summed E-state index contributed by atoms with van der Waals surface area (Å²) in [7, 11) is 1.59. The van der Waals surface area contributed by atoms with Crippen LogP contribution in [-0.4, -0.2) is 31.8 Å². The van der Waals surface area contributed by atoms with Gasteiger partial charge in [-0.2, -0.15) is 4.68 Å². The Morgan fingerprint density at radius 1 is 1.20 bits per heavy atom. The lowest BCUT2D eigenvalue weighted by Gasteiger charge is -2.08. The number of hydrazine groups is 1. The number of hydrogen-bond donors (Lipinski definition) is 2. The smallest absolute Gasteiger partial charge is 0.161 e. The van der Waals surface area contributed by atoms with Gasteiger partial charge in [0.15, 0.2) is 17.5 Å². The molecule has 0 aliphatic heterocycles. The molecule has 0 bridgehead atoms. The zero-order valence-electron chi connectivity index (χ0n) is 11.9. The number of aromatic nitrogens is 5. The van der Waals surface area contributed by atoms with E-state index in [4.69, 9.17) is 10.6 Å². The molecule has 0 aromatic carbocycles. The van der Waals surface area contributed by atoms with Crippen molar-refractivity contribution in [3.8, 4) is 5.82 Å². The van der Waals surface area contributed by atoms with Crippen LogP contribution >= 0.6 is 0 Å². The number of nitrogens with zero attached hydrogens (tertiary/aromatic N) is 5. The van der Waals surface area contributed by atoms with Crippen LogP contribution in [0.1, 0.15) is 31.3 Å². The van der Waals surface area contributed by atoms with Gasteiger partial charge in [0.2, 0.25) is 0 Å². The quantitative estimate of drug-likeness (QED) is 0.589. The predicted octanol–water partition coefficient (Wildman–Crippen LogP) is 0.614. The molecule has 2 heterocycles. The van der Waals surface area contributed by atoms with Crippen LogP contribution in [-0.2, 0) is 24.2 Å². The molecule has 0 amide bonds. The lowest BCUT2D eigenvalue weighted by Crippen LogP contribution is -2.14. The van der Waals surface area contributed by atoms with Crippen molar-refractivity contribution in [1.29, 1.82) is 0 Å². The second kappa shape index (κ2) is 6.40. The number of rotatable bonds is 6. The number of ether oxygens (including phenoxy) is 1. The van der Waals surface area contributed by atoms with E-state index in [1.807, 2.05) is 13.8 Å². The SMILES string of the molecule is CCc1nc(CC)n(-c2cc(NN)nc(COC)n2)n1. The van der Waals surface area contributed by atoms with Gasteiger partial charge in [0.25, 0.3) is 0 Å². The highest BCUT2D eigenvalue weighted by atomic mass is 16.5. The van der Waals surface area contributed by atoms with Gasteiger partial charge in [-0.3, -0.25) is 0 Å². The number of nitrogen functional groups attached to an aromatic ring is 1. The number of nitrogens with two attached hydrogens (primary N) is 1. The van der Waals surface area contributed by atoms with Crippen LogP contribution in [0.3, 0.4) is 0 Å². The normalized spacial score (nSPS) is 10.8. The van der Waals surface area contributed by atoms with Crippen molar-refractivity contribution < 1.29 is 4.74 Å². The van der Waals surface area contributed by atoms with Crippen molar-refractivity contribution in [2.75, 3.05) is 12.5 Å². The first kappa shape index (κ1) is 14.4. The molecule has 0 radical (unpaired) electrons. The van der Waals surface area contributed by atoms with Crippen LogP contribution in [0, 0.1) is 0 Å². The predicted molar refractivity (Wildman–Crippen MR) is 74.2 cm³/mol. The van der Waals surface area contributed by atoms with E-state index >= 15 is 0 Å². The molecular formula is C12H19N7O. The highest BCUT2D eigenvalue weighted by Gasteiger charge is 2.12. The molecule has 0 fully saturated rings. The fourth-order valence-corrected chi connectivity index (χ4v) is 1.81. The minimum absolute atomic E-state index is 0.305. The fraction of sp³-hybridized carbons (Fsp3) is 0.500. The molecule has 0 atom stereocenters. The molecule has 20 heavy (non-hydrogen) atoms. The first-order valence-corrected chi connectivity index (χ1v) is 6.50. The van der Waals surface area contributed by atoms with Crippen LogP contribution in [0.5, 0.6) is 0 Å². The van der Waals surface area contributed by atoms with Crippen LogP contribution in [0.4, 0.5) is 5.82 Å². The Kier molecular flexibility index (Phi) is 4.59. The highest BCUT2D eigenvalue weighted by molar-refractivity contribution is 5.40. The standard InChI is InChI=1S/C12H19N7O/c1-4-8-15-11(5-2)19(18-8)12-6-9(17-13)14-10(16-12)7-20-3/h6H,4-5,7,13H2,1-3H3,(H,14,16,17). The summed E-state index contributed by atoms with van der Waals surface area (Å²) in [6, 6.07) is 1.73. The van der Waals surface area contributed by atoms with Crippen molar-refractivity contribution >= 4 is 5.82 Å². The third-order valence-corrected chi connectivity index (χ3v) is 2.75. The second-order valence-electron chi connectivity index (χ2n) is 4.17. The summed E-state index contributed by atoms with van der Waals surface area (Å²) < 4.78 is 6.79. The average Bonchev–Trinajstić information content (AvgIpc) is 2.90. The van der Waals surface area contributed by atoms with Gasteiger partial charge in [0, 0.05) is 26.0 Å². The van der Waals surface area contributed by atoms with Gasteiger partial charge in [-0.15, -0.1) is 5.10 Å². The zero-order valence-corrected chi connectivity index (χ0v) is 11.9. The molecule has 0 saturated heterocycles. The monoisotopic (exact) mass is 277 g/mol. The van der Waals surface area contributed by atoms with E-state index in [-0.39, 0.29) is 0 Å². The Labute approximate surface area is 117 Å². The highest BCUT2D eigenvalue weighted by Crippen LogP contribution is 2.13. The number of methoxy groups -OCH3 is 1. The second-order valence-corrected chi connectivity index (χ2v) is 4.17. The molecule has 3 N–H and O–H groups in total. The molecular weight excluding hydrogens is 258 g/mol. The number of hydrogen-bond acceptors (Lipinski definition) is 7. The Hall–Kier alpha value is -2.06. The summed E-state index contributed by atoms with van der Waals surface area (Å²) in [5, 5.41) is 4.45. The van der Waals surface area contributed by atoms with Crippen molar-refractivity contribution in [2.24, 2.45) is 5.84 Å². The minimum atomic E-state index is 0.305. The van der Waals surface area contributed by atoms with E-state index in [2.05, 4.69) is 25.5 Å². The van der Waals surface area contributed by atoms with Crippen molar-refractivity contribution in [3.05, 3.63) is 23.5 Å². The van der Waals surface area contributed by atoms with Crippen LogP contribution in [0.2, 0.25) is 0 Å². The molecule has 8 heteroatoms. The maximum absolute atomic E-state index is 5.44. The van der Waals surface area contributed by atoms with Crippen molar-refractivity contribution in [3.63, 3.8) is 0 Å². The molecule has 0 unspecified atom stereocenters. The summed E-state index contributed by atoms with van der Waals surface area (Å²) in [6.07, 6.45) is 1.54. The van der Waals surface area contributed by atoms with E-state index in [9.17, 15) is 0 Å². The van der Waals surface area contributed by atoms with Gasteiger partial charge < -0.3 is 10.2 Å². The topological polar surface area (TPSA) is 104 Å². The molecule has 8 nitrogen and oxygen atoms in total. The Morgan fingerprint density at radius 3 is 2.60 bits per heavy atom. The minimum Gasteiger partial charge on any atom is -0.377 e. The van der Waals surface area contributed by atoms with Gasteiger partial charge >= 0.3 is 0 Å². The Balaban J connectivity index is 2.50. The third kappa shape index (κ3) is 2.91. The third-order valence-electron chi connectivity index (χ3n) is 2.75. The summed E-state index contributed by atoms with van der Waals surface area (Å²) in [5.74, 6) is 8.76. The molecule has 0 saturated carbocycles. The maximum atomic E-state index is 5.44. The molecule has 0 aliphatic carbocycles. The van der Waals surface area contributed by atoms with Crippen LogP contribution < -0.4 is 11.3 Å². The van der Waals surface area contributed by atoms with Gasteiger partial charge in [-0.25, -0.2) is 20.8 Å². The maximum Gasteiger partial charge on any atom is 0.161 e. The van der Waals surface area contributed by atoms with E-state index in [0.29, 0.717) is 24.1 Å². The van der Waals surface area contributed by atoms with Gasteiger partial charge in [-0.05, 0) is 0 Å². The lowest BCUT2D eigenvalue weighted by atomic mass is 10.4. The van der Waals surface area contributed by atoms with Crippen molar-refractivity contribution in [1.82, 2.24) is 24.7 Å². The molecule has 0 aliphatic rings. The summed E-state index contributed by atoms with van der Waals surface area (Å²) in [6.45, 7) is 4.35. The van der Waals surface area contributed by atoms with Crippen LogP contribution in [0.25, 0.3) is 5.82 Å². The summed E-state index contributed by atoms with van der Waals surface area (Å²) >= 11 is 0. The van der Waals surface area contributed by atoms with Crippen LogP contribution in [0.15, 0.2) is 6.07 Å². The van der Waals surface area contributed by atoms with Gasteiger partial charge in [0.05, 0.1) is 0 Å². The zero-order chi connectivity index (χ0) is 14.5. The lowest BCUT2D eigenvalue weighted by molar-refractivity contribution is 0.178. The fourth-order valence-electron chi connectivity index (χ4n) is 1.81. The van der Waals surface area contributed by atoms with Crippen molar-refractivity contribution in [2.45, 2.75) is 33.3 Å². The molecule has 2 rings (SSSR count). The average molecular weight is 277 g/mol. The molecule has 2 aromatic heterocycles. The largest absolute Gasteiger partial charge is 0.377 e. The molecule has 108 valence electrons. The van der Waals surface area contributed by atoms with Gasteiger partial charge in [0.1, 0.15) is 18.2 Å². The first-order valence-electron chi connectivity index (χ1n) is 6.50. The van der Waals surface area contributed by atoms with E-state index < -0.39 is 0 Å². The summed E-state index contributed by atoms with van der Waals surface area (Å²) in [5.41, 5.74) is 2.53. The molecule has 0 spiro atoms. The van der Waals surface area contributed by atoms with E-state index in [1.54, 1.807) is 17.9 Å². The first-order chi connectivity index (χ1) is 9.71. The number of aryl methyl sites for hydroxylation is 2.